The van der Waals surface area contributed by atoms with E-state index in [-0.39, 0.29) is 17.5 Å². The van der Waals surface area contributed by atoms with E-state index in [1.165, 1.54) is 7.11 Å². The van der Waals surface area contributed by atoms with E-state index < -0.39 is 0 Å². The van der Waals surface area contributed by atoms with Gasteiger partial charge in [-0.3, -0.25) is 14.7 Å². The Labute approximate surface area is 156 Å². The third-order valence-corrected chi connectivity index (χ3v) is 5.51. The van der Waals surface area contributed by atoms with Gasteiger partial charge in [-0.2, -0.15) is 0 Å². The Bertz CT molecular complexity index is 857. The fourth-order valence-electron chi connectivity index (χ4n) is 4.13. The lowest BCUT2D eigenvalue weighted by atomic mass is 9.84. The second-order valence-corrected chi connectivity index (χ2v) is 7.07. The van der Waals surface area contributed by atoms with Crippen LogP contribution in [0, 0.1) is 0 Å². The molecule has 9 nitrogen and oxygen atoms in total. The van der Waals surface area contributed by atoms with Crippen LogP contribution < -0.4 is 0 Å². The standard InChI is InChI=1S/C18H22N6O3/c1-13(25)22-8-5-18(6-9-22)12-23(17(26)27-2)11-15-20-21-16(24(15)18)14-4-3-7-19-10-14/h3-4,7,10H,5-6,8-9,11-12H2,1-2H3. The van der Waals surface area contributed by atoms with Gasteiger partial charge in [0, 0.05) is 44.5 Å². The van der Waals surface area contributed by atoms with Gasteiger partial charge in [-0.05, 0) is 25.0 Å². The van der Waals surface area contributed by atoms with E-state index in [0.29, 0.717) is 26.2 Å². The van der Waals surface area contributed by atoms with Crippen LogP contribution in [0.4, 0.5) is 4.79 Å². The van der Waals surface area contributed by atoms with Crippen molar-refractivity contribution in [2.75, 3.05) is 26.7 Å². The zero-order valence-corrected chi connectivity index (χ0v) is 15.5. The maximum atomic E-state index is 12.2. The van der Waals surface area contributed by atoms with Gasteiger partial charge in [0.05, 0.1) is 19.2 Å². The minimum Gasteiger partial charge on any atom is -0.453 e. The Hall–Kier alpha value is -2.97. The molecular formula is C18H22N6O3. The number of nitrogens with zero attached hydrogens (tertiary/aromatic N) is 6. The van der Waals surface area contributed by atoms with Gasteiger partial charge in [0.1, 0.15) is 0 Å². The molecule has 27 heavy (non-hydrogen) atoms. The van der Waals surface area contributed by atoms with Crippen molar-refractivity contribution in [2.45, 2.75) is 31.8 Å². The Kier molecular flexibility index (Phi) is 4.29. The first-order valence-electron chi connectivity index (χ1n) is 8.98. The van der Waals surface area contributed by atoms with E-state index in [1.54, 1.807) is 24.2 Å². The number of ether oxygens (including phenoxy) is 1. The topological polar surface area (TPSA) is 93.5 Å². The van der Waals surface area contributed by atoms with Gasteiger partial charge >= 0.3 is 6.09 Å². The lowest BCUT2D eigenvalue weighted by Gasteiger charge is -2.48. The van der Waals surface area contributed by atoms with E-state index in [4.69, 9.17) is 4.74 Å². The monoisotopic (exact) mass is 370 g/mol. The van der Waals surface area contributed by atoms with Gasteiger partial charge in [-0.1, -0.05) is 0 Å². The molecule has 2 amide bonds. The Morgan fingerprint density at radius 2 is 1.96 bits per heavy atom. The number of pyridine rings is 1. The highest BCUT2D eigenvalue weighted by Crippen LogP contribution is 2.39. The summed E-state index contributed by atoms with van der Waals surface area (Å²) in [6.07, 6.45) is 4.55. The molecule has 142 valence electrons. The van der Waals surface area contributed by atoms with Crippen molar-refractivity contribution >= 4 is 12.0 Å². The molecule has 4 rings (SSSR count). The SMILES string of the molecule is COC(=O)N1Cc2nnc(-c3cccnc3)n2C2(CCN(C(C)=O)CC2)C1. The average molecular weight is 370 g/mol. The number of hydrogen-bond acceptors (Lipinski definition) is 6. The van der Waals surface area contributed by atoms with Crippen LogP contribution in [0.5, 0.6) is 0 Å². The zero-order valence-electron chi connectivity index (χ0n) is 15.5. The predicted octanol–water partition coefficient (Wildman–Crippen LogP) is 1.26. The number of fused-ring (bicyclic) bond motifs is 2. The number of carbonyl (C=O) groups is 2. The smallest absolute Gasteiger partial charge is 0.409 e. The number of amides is 2. The summed E-state index contributed by atoms with van der Waals surface area (Å²) in [7, 11) is 1.38. The molecule has 2 aliphatic rings. The second-order valence-electron chi connectivity index (χ2n) is 7.07. The molecule has 0 radical (unpaired) electrons. The van der Waals surface area contributed by atoms with Crippen molar-refractivity contribution in [3.8, 4) is 11.4 Å². The summed E-state index contributed by atoms with van der Waals surface area (Å²) in [5.41, 5.74) is 0.513. The Balaban J connectivity index is 1.77. The van der Waals surface area contributed by atoms with Gasteiger partial charge in [-0.15, -0.1) is 10.2 Å². The predicted molar refractivity (Wildman–Crippen MR) is 95.5 cm³/mol. The van der Waals surface area contributed by atoms with E-state index >= 15 is 0 Å². The molecule has 0 bridgehead atoms. The molecule has 0 saturated carbocycles. The fourth-order valence-corrected chi connectivity index (χ4v) is 4.13. The summed E-state index contributed by atoms with van der Waals surface area (Å²) in [4.78, 5) is 31.7. The molecule has 2 aromatic rings. The number of carbonyl (C=O) groups excluding carboxylic acids is 2. The van der Waals surface area contributed by atoms with Crippen molar-refractivity contribution in [1.29, 1.82) is 0 Å². The number of likely N-dealkylation sites (tertiary alicyclic amines) is 1. The van der Waals surface area contributed by atoms with E-state index in [0.717, 1.165) is 30.1 Å². The van der Waals surface area contributed by atoms with Crippen LogP contribution in [0.25, 0.3) is 11.4 Å². The van der Waals surface area contributed by atoms with Gasteiger partial charge in [0.15, 0.2) is 11.6 Å². The van der Waals surface area contributed by atoms with Crippen molar-refractivity contribution in [3.05, 3.63) is 30.4 Å². The van der Waals surface area contributed by atoms with Crippen LogP contribution in [0.1, 0.15) is 25.6 Å². The summed E-state index contributed by atoms with van der Waals surface area (Å²) in [6.45, 7) is 3.70. The van der Waals surface area contributed by atoms with Crippen molar-refractivity contribution < 1.29 is 14.3 Å². The molecule has 1 fully saturated rings. The summed E-state index contributed by atoms with van der Waals surface area (Å²) < 4.78 is 7.10. The maximum Gasteiger partial charge on any atom is 0.409 e. The van der Waals surface area contributed by atoms with E-state index in [9.17, 15) is 9.59 Å². The average Bonchev–Trinajstić information content (AvgIpc) is 3.13. The number of hydrogen-bond donors (Lipinski definition) is 0. The number of rotatable bonds is 1. The van der Waals surface area contributed by atoms with Crippen LogP contribution in [-0.2, 0) is 21.6 Å². The van der Waals surface area contributed by atoms with Gasteiger partial charge < -0.3 is 14.2 Å². The summed E-state index contributed by atoms with van der Waals surface area (Å²) in [5, 5.41) is 8.76. The lowest BCUT2D eigenvalue weighted by molar-refractivity contribution is -0.131. The first-order chi connectivity index (χ1) is 13.0. The first-order valence-corrected chi connectivity index (χ1v) is 8.98. The van der Waals surface area contributed by atoms with Crippen LogP contribution in [0.2, 0.25) is 0 Å². The Morgan fingerprint density at radius 1 is 1.19 bits per heavy atom. The van der Waals surface area contributed by atoms with Crippen molar-refractivity contribution in [2.24, 2.45) is 0 Å². The van der Waals surface area contributed by atoms with Gasteiger partial charge in [-0.25, -0.2) is 4.79 Å². The fraction of sp³-hybridized carbons (Fsp3) is 0.500. The van der Waals surface area contributed by atoms with Crippen LogP contribution in [0.15, 0.2) is 24.5 Å². The van der Waals surface area contributed by atoms with E-state index in [2.05, 4.69) is 19.7 Å². The van der Waals surface area contributed by atoms with Gasteiger partial charge in [0.25, 0.3) is 0 Å². The quantitative estimate of drug-likeness (QED) is 0.750. The molecule has 9 heteroatoms. The molecule has 4 heterocycles. The van der Waals surface area contributed by atoms with Crippen molar-refractivity contribution in [1.82, 2.24) is 29.5 Å². The summed E-state index contributed by atoms with van der Waals surface area (Å²) in [6, 6.07) is 3.82. The molecule has 0 aromatic carbocycles. The van der Waals surface area contributed by atoms with Crippen LogP contribution in [-0.4, -0.2) is 68.3 Å². The molecule has 2 aromatic heterocycles. The third kappa shape index (κ3) is 2.92. The van der Waals surface area contributed by atoms with Gasteiger partial charge in [0.2, 0.25) is 5.91 Å². The molecule has 2 aliphatic heterocycles. The minimum absolute atomic E-state index is 0.0712. The number of methoxy groups -OCH3 is 1. The number of aromatic nitrogens is 4. The second kappa shape index (κ2) is 6.64. The van der Waals surface area contributed by atoms with Crippen molar-refractivity contribution in [3.63, 3.8) is 0 Å². The minimum atomic E-state index is -0.374. The molecule has 0 aliphatic carbocycles. The van der Waals surface area contributed by atoms with Crippen LogP contribution in [0.3, 0.4) is 0 Å². The Morgan fingerprint density at radius 3 is 2.59 bits per heavy atom. The summed E-state index contributed by atoms with van der Waals surface area (Å²) >= 11 is 0. The highest BCUT2D eigenvalue weighted by atomic mass is 16.5. The molecule has 0 N–H and O–H groups in total. The highest BCUT2D eigenvalue weighted by Gasteiger charge is 2.46. The largest absolute Gasteiger partial charge is 0.453 e. The molecule has 1 spiro atoms. The highest BCUT2D eigenvalue weighted by molar-refractivity contribution is 5.73. The normalized spacial score (nSPS) is 18.3. The molecule has 0 unspecified atom stereocenters. The zero-order chi connectivity index (χ0) is 19.0. The first kappa shape index (κ1) is 17.4. The summed E-state index contributed by atoms with van der Waals surface area (Å²) in [5.74, 6) is 1.54. The molecule has 0 atom stereocenters. The van der Waals surface area contributed by atoms with E-state index in [1.807, 2.05) is 17.0 Å². The number of piperidine rings is 1. The van der Waals surface area contributed by atoms with Crippen LogP contribution >= 0.6 is 0 Å². The molecule has 1 saturated heterocycles. The maximum absolute atomic E-state index is 12.2. The lowest BCUT2D eigenvalue weighted by Crippen LogP contribution is -2.57. The third-order valence-electron chi connectivity index (χ3n) is 5.51. The molecular weight excluding hydrogens is 348 g/mol.